The van der Waals surface area contributed by atoms with Gasteiger partial charge in [0, 0.05) is 19.8 Å². The number of aliphatic hydroxyl groups is 2. The highest BCUT2D eigenvalue weighted by Crippen LogP contribution is 2.27. The van der Waals surface area contributed by atoms with Crippen molar-refractivity contribution >= 4 is 0 Å². The van der Waals surface area contributed by atoms with E-state index in [1.54, 1.807) is 6.92 Å². The Hall–Kier alpha value is -0.600. The Morgan fingerprint density at radius 2 is 1.34 bits per heavy atom. The molecule has 0 amide bonds. The zero-order valence-corrected chi connectivity index (χ0v) is 16.6. The fraction of sp³-hybridized carbons (Fsp3) is 1.00. The molecule has 176 valence electrons. The molecule has 0 rings (SSSR count). The summed E-state index contributed by atoms with van der Waals surface area (Å²) in [5, 5.41) is 18.2. The number of hydrogen-bond acceptors (Lipinski definition) is 8. The Balaban J connectivity index is 3.63. The van der Waals surface area contributed by atoms with Gasteiger partial charge in [0.2, 0.25) is 0 Å². The number of ether oxygens (including phenoxy) is 6. The van der Waals surface area contributed by atoms with Crippen LogP contribution < -0.4 is 0 Å². The van der Waals surface area contributed by atoms with E-state index in [1.165, 1.54) is 0 Å². The van der Waals surface area contributed by atoms with Gasteiger partial charge in [-0.2, -0.15) is 17.6 Å². The number of hydrogen-bond donors (Lipinski definition) is 2. The summed E-state index contributed by atoms with van der Waals surface area (Å²) in [6.07, 6.45) is -7.40. The fourth-order valence-electron chi connectivity index (χ4n) is 1.81. The maximum absolute atomic E-state index is 13.3. The fourth-order valence-corrected chi connectivity index (χ4v) is 1.81. The lowest BCUT2D eigenvalue weighted by molar-refractivity contribution is -0.395. The highest BCUT2D eigenvalue weighted by Gasteiger charge is 2.44. The molecule has 1 atom stereocenters. The van der Waals surface area contributed by atoms with E-state index in [-0.39, 0.29) is 39.6 Å². The summed E-state index contributed by atoms with van der Waals surface area (Å²) in [5.74, 6) is 0. The minimum atomic E-state index is -4.21. The van der Waals surface area contributed by atoms with Crippen LogP contribution in [0.2, 0.25) is 0 Å². The summed E-state index contributed by atoms with van der Waals surface area (Å²) in [5.41, 5.74) is 0. The molecule has 0 aliphatic heterocycles. The molecule has 0 aromatic heterocycles. The Kier molecular flexibility index (Phi) is 16.8. The van der Waals surface area contributed by atoms with Crippen LogP contribution in [-0.4, -0.2) is 94.8 Å². The molecule has 0 bridgehead atoms. The molecule has 0 heterocycles. The lowest BCUT2D eigenvalue weighted by atomic mass is 10.3. The first-order valence-corrected chi connectivity index (χ1v) is 9.36. The Morgan fingerprint density at radius 1 is 0.759 bits per heavy atom. The molecule has 0 saturated heterocycles. The molecule has 0 spiro atoms. The van der Waals surface area contributed by atoms with Crippen molar-refractivity contribution in [2.45, 2.75) is 44.5 Å². The summed E-state index contributed by atoms with van der Waals surface area (Å²) in [6, 6.07) is 0. The SMILES string of the molecule is CCCOCC(F)(F)OC(F)(F)COCOCCOCC(O)COCCCCO. The van der Waals surface area contributed by atoms with Crippen molar-refractivity contribution in [3.05, 3.63) is 0 Å². The summed E-state index contributed by atoms with van der Waals surface area (Å²) < 4.78 is 80.5. The van der Waals surface area contributed by atoms with Gasteiger partial charge in [-0.15, -0.1) is 0 Å². The van der Waals surface area contributed by atoms with E-state index < -0.39 is 38.3 Å². The zero-order valence-electron chi connectivity index (χ0n) is 16.6. The van der Waals surface area contributed by atoms with E-state index in [0.29, 0.717) is 25.9 Å². The molecule has 12 heteroatoms. The van der Waals surface area contributed by atoms with Crippen molar-refractivity contribution in [2.75, 3.05) is 66.3 Å². The topological polar surface area (TPSA) is 95.8 Å². The summed E-state index contributed by atoms with van der Waals surface area (Å²) in [4.78, 5) is 0. The van der Waals surface area contributed by atoms with Gasteiger partial charge in [0.05, 0.1) is 26.4 Å². The average molecular weight is 440 g/mol. The van der Waals surface area contributed by atoms with E-state index in [4.69, 9.17) is 19.3 Å². The number of halogens is 4. The monoisotopic (exact) mass is 440 g/mol. The van der Waals surface area contributed by atoms with Gasteiger partial charge in [-0.25, -0.2) is 0 Å². The summed E-state index contributed by atoms with van der Waals surface area (Å²) in [7, 11) is 0. The quantitative estimate of drug-likeness (QED) is 0.158. The molecule has 2 N–H and O–H groups in total. The standard InChI is InChI=1S/C17H32F4O8/c1-2-6-26-12-16(18,19)29-17(20,21)13-28-14-27-9-8-25-11-15(23)10-24-7-4-3-5-22/h15,22-23H,2-14H2,1H3. The smallest absolute Gasteiger partial charge is 0.383 e. The predicted molar refractivity (Wildman–Crippen MR) is 92.8 cm³/mol. The zero-order chi connectivity index (χ0) is 22.0. The number of unbranched alkanes of at least 4 members (excludes halogenated alkanes) is 1. The van der Waals surface area contributed by atoms with E-state index in [2.05, 4.69) is 14.2 Å². The first kappa shape index (κ1) is 28.4. The average Bonchev–Trinajstić information content (AvgIpc) is 2.62. The third-order valence-corrected chi connectivity index (χ3v) is 3.04. The molecule has 0 aliphatic rings. The van der Waals surface area contributed by atoms with Gasteiger partial charge >= 0.3 is 12.2 Å². The molecule has 0 radical (unpaired) electrons. The van der Waals surface area contributed by atoms with Crippen molar-refractivity contribution in [1.82, 2.24) is 0 Å². The van der Waals surface area contributed by atoms with Crippen LogP contribution in [0.5, 0.6) is 0 Å². The molecule has 0 aromatic rings. The largest absolute Gasteiger partial charge is 0.396 e. The van der Waals surface area contributed by atoms with Crippen molar-refractivity contribution in [3.63, 3.8) is 0 Å². The molecule has 0 saturated carbocycles. The number of alkyl halides is 4. The Morgan fingerprint density at radius 3 is 1.97 bits per heavy atom. The number of rotatable bonds is 21. The second-order valence-corrected chi connectivity index (χ2v) is 6.04. The van der Waals surface area contributed by atoms with Gasteiger partial charge < -0.3 is 33.9 Å². The van der Waals surface area contributed by atoms with Gasteiger partial charge in [-0.1, -0.05) is 6.92 Å². The van der Waals surface area contributed by atoms with Crippen molar-refractivity contribution in [3.8, 4) is 0 Å². The summed E-state index contributed by atoms with van der Waals surface area (Å²) in [6.45, 7) is -0.943. The van der Waals surface area contributed by atoms with E-state index in [9.17, 15) is 22.7 Å². The molecule has 0 aromatic carbocycles. The third-order valence-electron chi connectivity index (χ3n) is 3.04. The Bertz CT molecular complexity index is 377. The highest BCUT2D eigenvalue weighted by atomic mass is 19.3. The first-order valence-electron chi connectivity index (χ1n) is 9.36. The van der Waals surface area contributed by atoms with Crippen molar-refractivity contribution < 1.29 is 56.2 Å². The van der Waals surface area contributed by atoms with Crippen LogP contribution in [-0.2, 0) is 28.4 Å². The molecule has 0 aliphatic carbocycles. The van der Waals surface area contributed by atoms with Gasteiger partial charge in [-0.05, 0) is 19.3 Å². The lowest BCUT2D eigenvalue weighted by Gasteiger charge is -2.23. The summed E-state index contributed by atoms with van der Waals surface area (Å²) >= 11 is 0. The Labute approximate surface area is 168 Å². The second-order valence-electron chi connectivity index (χ2n) is 6.04. The lowest BCUT2D eigenvalue weighted by Crippen LogP contribution is -2.39. The van der Waals surface area contributed by atoms with Crippen molar-refractivity contribution in [1.29, 1.82) is 0 Å². The maximum Gasteiger partial charge on any atom is 0.383 e. The van der Waals surface area contributed by atoms with Crippen LogP contribution in [0.3, 0.4) is 0 Å². The van der Waals surface area contributed by atoms with Crippen LogP contribution in [0.15, 0.2) is 0 Å². The van der Waals surface area contributed by atoms with Crippen LogP contribution >= 0.6 is 0 Å². The molecule has 1 unspecified atom stereocenters. The molecule has 29 heavy (non-hydrogen) atoms. The molecular formula is C17H32F4O8. The van der Waals surface area contributed by atoms with Gasteiger partial charge in [0.25, 0.3) is 0 Å². The second kappa shape index (κ2) is 17.1. The van der Waals surface area contributed by atoms with E-state index in [0.717, 1.165) is 0 Å². The van der Waals surface area contributed by atoms with Crippen LogP contribution in [0.1, 0.15) is 26.2 Å². The third kappa shape index (κ3) is 19.1. The van der Waals surface area contributed by atoms with E-state index >= 15 is 0 Å². The van der Waals surface area contributed by atoms with E-state index in [1.807, 2.05) is 0 Å². The van der Waals surface area contributed by atoms with Crippen LogP contribution in [0.25, 0.3) is 0 Å². The highest BCUT2D eigenvalue weighted by molar-refractivity contribution is 4.58. The van der Waals surface area contributed by atoms with Gasteiger partial charge in [0.1, 0.15) is 26.1 Å². The minimum Gasteiger partial charge on any atom is -0.396 e. The minimum absolute atomic E-state index is 0.00557. The van der Waals surface area contributed by atoms with Gasteiger partial charge in [-0.3, -0.25) is 4.74 Å². The predicted octanol–water partition coefficient (Wildman–Crippen LogP) is 1.77. The molecule has 0 fully saturated rings. The van der Waals surface area contributed by atoms with Crippen molar-refractivity contribution in [2.24, 2.45) is 0 Å². The number of aliphatic hydroxyl groups excluding tert-OH is 2. The van der Waals surface area contributed by atoms with Crippen LogP contribution in [0.4, 0.5) is 17.6 Å². The normalized spacial score (nSPS) is 13.8. The van der Waals surface area contributed by atoms with Crippen LogP contribution in [0, 0.1) is 0 Å². The van der Waals surface area contributed by atoms with Gasteiger partial charge in [0.15, 0.2) is 0 Å². The first-order chi connectivity index (χ1) is 13.7. The molecular weight excluding hydrogens is 408 g/mol. The maximum atomic E-state index is 13.3. The molecule has 8 nitrogen and oxygen atoms in total.